The van der Waals surface area contributed by atoms with Crippen molar-refractivity contribution in [2.24, 2.45) is 10.1 Å². The van der Waals surface area contributed by atoms with Crippen LogP contribution in [0.4, 0.5) is 0 Å². The van der Waals surface area contributed by atoms with Gasteiger partial charge in [0, 0.05) is 5.56 Å². The zero-order chi connectivity index (χ0) is 26.6. The average molecular weight is 659 g/mol. The van der Waals surface area contributed by atoms with Gasteiger partial charge in [0.2, 0.25) is 5.17 Å². The van der Waals surface area contributed by atoms with Gasteiger partial charge in [0.25, 0.3) is 5.91 Å². The lowest BCUT2D eigenvalue weighted by molar-refractivity contribution is -0.114. The highest BCUT2D eigenvalue weighted by atomic mass is 127. The number of nitrogens with one attached hydrogen (secondary N) is 1. The fraction of sp³-hybridized carbons (Fsp3) is 0.111. The zero-order valence-electron chi connectivity index (χ0n) is 20.0. The smallest absolute Gasteiger partial charge is 0.283 e. The molecule has 0 aromatic heterocycles. The first-order valence-corrected chi connectivity index (χ1v) is 13.6. The number of aliphatic imine (C=N–C) groups is 1. The van der Waals surface area contributed by atoms with Gasteiger partial charge in [-0.3, -0.25) is 10.2 Å². The number of carbonyl (C=O) groups excluding carboxylic acids is 1. The summed E-state index contributed by atoms with van der Waals surface area (Å²) in [6.45, 7) is 0.687. The minimum absolute atomic E-state index is 0.0677. The van der Waals surface area contributed by atoms with Crippen LogP contribution in [0.1, 0.15) is 11.1 Å². The minimum atomic E-state index is -0.517. The van der Waals surface area contributed by atoms with Gasteiger partial charge in [-0.15, -0.1) is 0 Å². The number of hydrogen-bond donors (Lipinski definition) is 1. The summed E-state index contributed by atoms with van der Waals surface area (Å²) in [4.78, 5) is 17.0. The molecule has 0 saturated heterocycles. The van der Waals surface area contributed by atoms with Gasteiger partial charge in [-0.1, -0.05) is 48.0 Å². The van der Waals surface area contributed by atoms with Crippen molar-refractivity contribution in [1.29, 1.82) is 5.41 Å². The highest BCUT2D eigenvalue weighted by molar-refractivity contribution is 14.1. The SMILES string of the molecule is COc1cc(/C=C2/C(=N)N3N=C(c4ccccc4Cl)SC3=NC2=O)cc(I)c1OCCOc1ccccc1. The standard InChI is InChI=1S/C27H20ClIN4O4S/c1-35-22-15-16(14-21(29)23(22)37-12-11-36-17-7-3-2-4-8-17)13-19-24(30)33-27(31-25(19)34)38-26(32-33)18-9-5-6-10-20(18)28/h2-10,13-15,30H,11-12H2,1H3/b19-13-,30-24?. The summed E-state index contributed by atoms with van der Waals surface area (Å²) < 4.78 is 18.0. The molecule has 5 rings (SSSR count). The lowest BCUT2D eigenvalue weighted by Gasteiger charge is -2.20. The monoisotopic (exact) mass is 658 g/mol. The van der Waals surface area contributed by atoms with Crippen molar-refractivity contribution in [2.45, 2.75) is 0 Å². The molecule has 1 amide bonds. The highest BCUT2D eigenvalue weighted by Gasteiger charge is 2.36. The number of hydrogen-bond acceptors (Lipinski definition) is 7. The molecule has 0 atom stereocenters. The van der Waals surface area contributed by atoms with E-state index in [9.17, 15) is 4.79 Å². The summed E-state index contributed by atoms with van der Waals surface area (Å²) >= 11 is 9.66. The Labute approximate surface area is 242 Å². The molecule has 0 aliphatic carbocycles. The second kappa shape index (κ2) is 11.6. The third-order valence-corrected chi connectivity index (χ3v) is 7.54. The number of para-hydroxylation sites is 1. The van der Waals surface area contributed by atoms with Crippen LogP contribution >= 0.6 is 46.0 Å². The van der Waals surface area contributed by atoms with Gasteiger partial charge in [-0.05, 0) is 76.3 Å². The Hall–Kier alpha value is -3.35. The third-order valence-electron chi connectivity index (χ3n) is 5.46. The number of amidine groups is 2. The van der Waals surface area contributed by atoms with Crippen molar-refractivity contribution < 1.29 is 19.0 Å². The molecular weight excluding hydrogens is 639 g/mol. The van der Waals surface area contributed by atoms with E-state index in [2.05, 4.69) is 32.7 Å². The van der Waals surface area contributed by atoms with E-state index < -0.39 is 5.91 Å². The Morgan fingerprint density at radius 3 is 2.58 bits per heavy atom. The number of fused-ring (bicyclic) bond motifs is 1. The molecule has 0 radical (unpaired) electrons. The molecule has 0 bridgehead atoms. The predicted octanol–water partition coefficient (Wildman–Crippen LogP) is 6.08. The van der Waals surface area contributed by atoms with Crippen LogP contribution in [-0.2, 0) is 4.79 Å². The Morgan fingerprint density at radius 2 is 1.82 bits per heavy atom. The van der Waals surface area contributed by atoms with Crippen LogP contribution in [0.3, 0.4) is 0 Å². The zero-order valence-corrected chi connectivity index (χ0v) is 23.7. The van der Waals surface area contributed by atoms with Crippen LogP contribution in [-0.4, -0.2) is 47.3 Å². The van der Waals surface area contributed by atoms with E-state index >= 15 is 0 Å². The molecule has 0 unspecified atom stereocenters. The van der Waals surface area contributed by atoms with E-state index in [-0.39, 0.29) is 11.4 Å². The molecule has 0 fully saturated rings. The molecular formula is C27H20ClIN4O4S. The van der Waals surface area contributed by atoms with Gasteiger partial charge in [-0.2, -0.15) is 15.1 Å². The van der Waals surface area contributed by atoms with Gasteiger partial charge in [0.1, 0.15) is 24.0 Å². The van der Waals surface area contributed by atoms with E-state index in [1.807, 2.05) is 54.6 Å². The molecule has 3 aromatic carbocycles. The molecule has 8 nitrogen and oxygen atoms in total. The van der Waals surface area contributed by atoms with Gasteiger partial charge in [-0.25, -0.2) is 0 Å². The Balaban J connectivity index is 1.34. The fourth-order valence-electron chi connectivity index (χ4n) is 3.69. The summed E-state index contributed by atoms with van der Waals surface area (Å²) in [6.07, 6.45) is 1.60. The second-order valence-electron chi connectivity index (χ2n) is 7.95. The first-order chi connectivity index (χ1) is 18.4. The summed E-state index contributed by atoms with van der Waals surface area (Å²) in [5.41, 5.74) is 1.49. The van der Waals surface area contributed by atoms with Crippen LogP contribution in [0.25, 0.3) is 6.08 Å². The normalized spacial score (nSPS) is 15.8. The number of thioether (sulfide) groups is 1. The van der Waals surface area contributed by atoms with Crippen LogP contribution in [0.2, 0.25) is 5.02 Å². The number of amides is 1. The molecule has 2 heterocycles. The minimum Gasteiger partial charge on any atom is -0.493 e. The molecule has 1 N–H and O–H groups in total. The van der Waals surface area contributed by atoms with Crippen LogP contribution in [0.5, 0.6) is 17.2 Å². The molecule has 2 aliphatic heterocycles. The Morgan fingerprint density at radius 1 is 1.08 bits per heavy atom. The fourth-order valence-corrected chi connectivity index (χ4v) is 5.68. The van der Waals surface area contributed by atoms with Gasteiger partial charge in [0.15, 0.2) is 17.3 Å². The molecule has 192 valence electrons. The highest BCUT2D eigenvalue weighted by Crippen LogP contribution is 2.36. The van der Waals surface area contributed by atoms with Gasteiger partial charge >= 0.3 is 0 Å². The first kappa shape index (κ1) is 26.3. The summed E-state index contributed by atoms with van der Waals surface area (Å²) in [7, 11) is 1.55. The molecule has 0 spiro atoms. The van der Waals surface area contributed by atoms with Crippen molar-refractivity contribution in [1.82, 2.24) is 5.01 Å². The van der Waals surface area contributed by atoms with Crippen molar-refractivity contribution in [3.8, 4) is 17.2 Å². The number of hydrazone groups is 1. The lowest BCUT2D eigenvalue weighted by Crippen LogP contribution is -2.35. The maximum Gasteiger partial charge on any atom is 0.283 e. The number of nitrogens with zero attached hydrogens (tertiary/aromatic N) is 3. The first-order valence-electron chi connectivity index (χ1n) is 11.4. The average Bonchev–Trinajstić information content (AvgIpc) is 3.34. The number of halogens is 2. The summed E-state index contributed by atoms with van der Waals surface area (Å²) in [5, 5.41) is 15.9. The maximum atomic E-state index is 12.9. The van der Waals surface area contributed by atoms with E-state index in [1.165, 1.54) is 16.8 Å². The summed E-state index contributed by atoms with van der Waals surface area (Å²) in [6, 6.07) is 20.4. The van der Waals surface area contributed by atoms with Crippen molar-refractivity contribution >= 4 is 74.0 Å². The molecule has 3 aromatic rings. The number of methoxy groups -OCH3 is 1. The molecule has 11 heteroatoms. The van der Waals surface area contributed by atoms with Gasteiger partial charge in [0.05, 0.1) is 21.3 Å². The van der Waals surface area contributed by atoms with E-state index in [4.69, 9.17) is 31.2 Å². The predicted molar refractivity (Wildman–Crippen MR) is 159 cm³/mol. The van der Waals surface area contributed by atoms with Crippen molar-refractivity contribution in [3.63, 3.8) is 0 Å². The number of rotatable bonds is 8. The van der Waals surface area contributed by atoms with Crippen LogP contribution in [0, 0.1) is 8.98 Å². The number of benzene rings is 3. The third kappa shape index (κ3) is 5.57. The molecule has 38 heavy (non-hydrogen) atoms. The number of ether oxygens (including phenoxy) is 3. The lowest BCUT2D eigenvalue weighted by atomic mass is 10.1. The second-order valence-corrected chi connectivity index (χ2v) is 10.5. The van der Waals surface area contributed by atoms with Crippen molar-refractivity contribution in [3.05, 3.63) is 92.0 Å². The van der Waals surface area contributed by atoms with E-state index in [1.54, 1.807) is 25.3 Å². The van der Waals surface area contributed by atoms with Crippen LogP contribution in [0.15, 0.2) is 82.4 Å². The largest absolute Gasteiger partial charge is 0.493 e. The Kier molecular flexibility index (Phi) is 8.01. The van der Waals surface area contributed by atoms with Crippen molar-refractivity contribution in [2.75, 3.05) is 20.3 Å². The summed E-state index contributed by atoms with van der Waals surface area (Å²) in [5.74, 6) is 1.25. The maximum absolute atomic E-state index is 12.9. The Bertz CT molecular complexity index is 1510. The molecule has 2 aliphatic rings. The molecule has 0 saturated carbocycles. The van der Waals surface area contributed by atoms with E-state index in [0.717, 1.165) is 9.32 Å². The topological polar surface area (TPSA) is 96.6 Å². The van der Waals surface area contributed by atoms with E-state index in [0.29, 0.717) is 51.1 Å². The van der Waals surface area contributed by atoms with Crippen LogP contribution < -0.4 is 14.2 Å². The number of carbonyl (C=O) groups is 1. The van der Waals surface area contributed by atoms with Gasteiger partial charge < -0.3 is 14.2 Å². The quantitative estimate of drug-likeness (QED) is 0.179.